The minimum absolute atomic E-state index is 0.111. The lowest BCUT2D eigenvalue weighted by Gasteiger charge is -2.27. The number of aliphatic carboxylic acids is 1. The molecule has 21 heavy (non-hydrogen) atoms. The smallest absolute Gasteiger partial charge is 0.326 e. The molecule has 0 spiro atoms. The Hall–Kier alpha value is -2.15. The van der Waals surface area contributed by atoms with E-state index < -0.39 is 33.9 Å². The molecule has 0 bridgehead atoms. The van der Waals surface area contributed by atoms with Gasteiger partial charge in [0.05, 0.1) is 9.95 Å². The summed E-state index contributed by atoms with van der Waals surface area (Å²) >= 11 is 5.83. The largest absolute Gasteiger partial charge is 0.480 e. The zero-order valence-electron chi connectivity index (χ0n) is 11.7. The molecule has 0 aliphatic heterocycles. The van der Waals surface area contributed by atoms with Crippen molar-refractivity contribution in [3.8, 4) is 0 Å². The molecule has 0 saturated heterocycles. The number of nitrogens with zero attached hydrogens (tertiary/aromatic N) is 1. The van der Waals surface area contributed by atoms with Crippen LogP contribution >= 0.6 is 11.6 Å². The van der Waals surface area contributed by atoms with Crippen LogP contribution in [0.2, 0.25) is 5.02 Å². The Balaban J connectivity index is 3.21. The highest BCUT2D eigenvalue weighted by Crippen LogP contribution is 2.27. The highest BCUT2D eigenvalue weighted by Gasteiger charge is 2.34. The summed E-state index contributed by atoms with van der Waals surface area (Å²) in [6.45, 7) is 4.90. The van der Waals surface area contributed by atoms with Crippen molar-refractivity contribution in [2.24, 2.45) is 5.41 Å². The molecule has 7 nitrogen and oxygen atoms in total. The molecular formula is C13H15ClN2O5. The number of carboxylic acid groups (broad SMARTS) is 1. The lowest BCUT2D eigenvalue weighted by Crippen LogP contribution is -2.49. The van der Waals surface area contributed by atoms with Crippen molar-refractivity contribution >= 4 is 29.2 Å². The number of carbonyl (C=O) groups excluding carboxylic acids is 1. The fourth-order valence-electron chi connectivity index (χ4n) is 1.74. The summed E-state index contributed by atoms with van der Waals surface area (Å²) in [6.07, 6.45) is 0. The van der Waals surface area contributed by atoms with Crippen molar-refractivity contribution in [2.75, 3.05) is 0 Å². The Bertz CT molecular complexity index is 595. The maximum atomic E-state index is 12.2. The summed E-state index contributed by atoms with van der Waals surface area (Å²) in [6, 6.07) is 2.60. The molecule has 114 valence electrons. The number of rotatable bonds is 4. The van der Waals surface area contributed by atoms with Gasteiger partial charge in [-0.15, -0.1) is 0 Å². The predicted octanol–water partition coefficient (Wildman–Crippen LogP) is 2.48. The normalized spacial score (nSPS) is 12.6. The van der Waals surface area contributed by atoms with Gasteiger partial charge in [0.1, 0.15) is 11.6 Å². The lowest BCUT2D eigenvalue weighted by atomic mass is 9.86. The van der Waals surface area contributed by atoms with Gasteiger partial charge in [0, 0.05) is 6.07 Å². The number of benzene rings is 1. The van der Waals surface area contributed by atoms with Crippen molar-refractivity contribution in [3.05, 3.63) is 38.9 Å². The molecule has 1 amide bonds. The standard InChI is InChI=1S/C13H15ClN2O5/c1-13(2,3)10(12(18)19)15-11(17)9-7(14)5-4-6-8(9)16(20)21/h4-6,10H,1-3H3,(H,15,17)(H,18,19). The number of nitro benzene ring substituents is 1. The van der Waals surface area contributed by atoms with Crippen molar-refractivity contribution in [2.45, 2.75) is 26.8 Å². The summed E-state index contributed by atoms with van der Waals surface area (Å²) in [5, 5.41) is 22.3. The minimum Gasteiger partial charge on any atom is -0.480 e. The Labute approximate surface area is 126 Å². The predicted molar refractivity (Wildman–Crippen MR) is 76.5 cm³/mol. The lowest BCUT2D eigenvalue weighted by molar-refractivity contribution is -0.385. The van der Waals surface area contributed by atoms with Crippen LogP contribution in [0, 0.1) is 15.5 Å². The minimum atomic E-state index is -1.23. The molecule has 0 aliphatic carbocycles. The van der Waals surface area contributed by atoms with E-state index in [9.17, 15) is 24.8 Å². The van der Waals surface area contributed by atoms with E-state index in [-0.39, 0.29) is 10.6 Å². The average molecular weight is 315 g/mol. The van der Waals surface area contributed by atoms with Crippen LogP contribution in [0.4, 0.5) is 5.69 Å². The van der Waals surface area contributed by atoms with E-state index in [1.165, 1.54) is 12.1 Å². The van der Waals surface area contributed by atoms with E-state index in [2.05, 4.69) is 5.32 Å². The molecule has 0 saturated carbocycles. The number of hydrogen-bond donors (Lipinski definition) is 2. The molecule has 0 aromatic heterocycles. The van der Waals surface area contributed by atoms with E-state index in [0.717, 1.165) is 6.07 Å². The van der Waals surface area contributed by atoms with E-state index in [1.54, 1.807) is 20.8 Å². The first kappa shape index (κ1) is 16.9. The number of nitrogens with one attached hydrogen (secondary N) is 1. The molecule has 8 heteroatoms. The molecule has 1 aromatic carbocycles. The van der Waals surface area contributed by atoms with E-state index >= 15 is 0 Å². The molecule has 1 atom stereocenters. The number of hydrogen-bond acceptors (Lipinski definition) is 4. The van der Waals surface area contributed by atoms with Crippen LogP contribution < -0.4 is 5.32 Å². The molecule has 0 heterocycles. The van der Waals surface area contributed by atoms with Crippen LogP contribution in [0.25, 0.3) is 0 Å². The molecule has 1 aromatic rings. The fourth-order valence-corrected chi connectivity index (χ4v) is 2.00. The first-order valence-electron chi connectivity index (χ1n) is 6.02. The molecular weight excluding hydrogens is 300 g/mol. The van der Waals surface area contributed by atoms with Gasteiger partial charge in [-0.1, -0.05) is 38.4 Å². The van der Waals surface area contributed by atoms with E-state index in [1.807, 2.05) is 0 Å². The van der Waals surface area contributed by atoms with Crippen molar-refractivity contribution in [3.63, 3.8) is 0 Å². The zero-order valence-corrected chi connectivity index (χ0v) is 12.5. The van der Waals surface area contributed by atoms with Crippen LogP contribution in [-0.4, -0.2) is 27.9 Å². The number of carboxylic acids is 1. The van der Waals surface area contributed by atoms with Gasteiger partial charge >= 0.3 is 5.97 Å². The maximum absolute atomic E-state index is 12.2. The number of carbonyl (C=O) groups is 2. The monoisotopic (exact) mass is 314 g/mol. The Morgan fingerprint density at radius 2 is 1.95 bits per heavy atom. The van der Waals surface area contributed by atoms with E-state index in [0.29, 0.717) is 0 Å². The number of amides is 1. The third-order valence-corrected chi connectivity index (χ3v) is 3.12. The molecule has 0 aliphatic rings. The summed E-state index contributed by atoms with van der Waals surface area (Å²) in [5.41, 5.74) is -1.59. The Morgan fingerprint density at radius 1 is 1.38 bits per heavy atom. The van der Waals surface area contributed by atoms with Crippen LogP contribution in [0.15, 0.2) is 18.2 Å². The summed E-state index contributed by atoms with van der Waals surface area (Å²) in [4.78, 5) is 33.6. The SMILES string of the molecule is CC(C)(C)C(NC(=O)c1c(Cl)cccc1[N+](=O)[O-])C(=O)O. The zero-order chi connectivity index (χ0) is 16.4. The van der Waals surface area contributed by atoms with Crippen molar-refractivity contribution < 1.29 is 19.6 Å². The van der Waals surface area contributed by atoms with Gasteiger partial charge in [0.25, 0.3) is 11.6 Å². The van der Waals surface area contributed by atoms with Crippen molar-refractivity contribution in [1.29, 1.82) is 0 Å². The van der Waals surface area contributed by atoms with E-state index in [4.69, 9.17) is 11.6 Å². The fraction of sp³-hybridized carbons (Fsp3) is 0.385. The highest BCUT2D eigenvalue weighted by molar-refractivity contribution is 6.34. The van der Waals surface area contributed by atoms with Gasteiger partial charge in [-0.05, 0) is 11.5 Å². The van der Waals surface area contributed by atoms with Gasteiger partial charge < -0.3 is 10.4 Å². The van der Waals surface area contributed by atoms with Gasteiger partial charge in [0.2, 0.25) is 0 Å². The van der Waals surface area contributed by atoms with Crippen LogP contribution in [0.5, 0.6) is 0 Å². The summed E-state index contributed by atoms with van der Waals surface area (Å²) in [7, 11) is 0. The van der Waals surface area contributed by atoms with Crippen LogP contribution in [0.1, 0.15) is 31.1 Å². The summed E-state index contributed by atoms with van der Waals surface area (Å²) in [5.74, 6) is -2.12. The topological polar surface area (TPSA) is 110 Å². The number of halogens is 1. The first-order chi connectivity index (χ1) is 9.55. The van der Waals surface area contributed by atoms with Gasteiger partial charge in [-0.3, -0.25) is 14.9 Å². The highest BCUT2D eigenvalue weighted by atomic mass is 35.5. The summed E-state index contributed by atoms with van der Waals surface area (Å²) < 4.78 is 0. The quantitative estimate of drug-likeness (QED) is 0.655. The second-order valence-corrected chi connectivity index (χ2v) is 5.91. The second-order valence-electron chi connectivity index (χ2n) is 5.50. The molecule has 0 radical (unpaired) electrons. The second kappa shape index (κ2) is 6.09. The van der Waals surface area contributed by atoms with Crippen molar-refractivity contribution in [1.82, 2.24) is 5.32 Å². The Morgan fingerprint density at radius 3 is 2.38 bits per heavy atom. The third-order valence-electron chi connectivity index (χ3n) is 2.80. The average Bonchev–Trinajstić information content (AvgIpc) is 2.33. The molecule has 0 fully saturated rings. The molecule has 1 rings (SSSR count). The Kier molecular flexibility index (Phi) is 4.90. The van der Waals surface area contributed by atoms with Gasteiger partial charge in [0.15, 0.2) is 0 Å². The third kappa shape index (κ3) is 3.91. The molecule has 2 N–H and O–H groups in total. The van der Waals surface area contributed by atoms with Gasteiger partial charge in [-0.2, -0.15) is 0 Å². The first-order valence-corrected chi connectivity index (χ1v) is 6.40. The van der Waals surface area contributed by atoms with Crippen LogP contribution in [-0.2, 0) is 4.79 Å². The van der Waals surface area contributed by atoms with Crippen LogP contribution in [0.3, 0.4) is 0 Å². The van der Waals surface area contributed by atoms with Gasteiger partial charge in [-0.25, -0.2) is 4.79 Å². The molecule has 1 unspecified atom stereocenters. The maximum Gasteiger partial charge on any atom is 0.326 e. The number of nitro groups is 1.